The van der Waals surface area contributed by atoms with E-state index in [-0.39, 0.29) is 0 Å². The number of piperazine rings is 1. The SMILES string of the molecule is CCc1[nH]c(CC2CN(C)CCN2C)nc(=S)c1Br. The van der Waals surface area contributed by atoms with Gasteiger partial charge in [0, 0.05) is 37.8 Å². The third-order valence-corrected chi connectivity index (χ3v) is 5.16. The van der Waals surface area contributed by atoms with Gasteiger partial charge in [-0.05, 0) is 36.4 Å². The van der Waals surface area contributed by atoms with Gasteiger partial charge >= 0.3 is 0 Å². The van der Waals surface area contributed by atoms with Crippen molar-refractivity contribution in [1.29, 1.82) is 0 Å². The highest BCUT2D eigenvalue weighted by molar-refractivity contribution is 9.10. The molecule has 1 saturated heterocycles. The maximum atomic E-state index is 5.31. The first-order chi connectivity index (χ1) is 9.01. The van der Waals surface area contributed by atoms with E-state index in [1.54, 1.807) is 0 Å². The average Bonchev–Trinajstić information content (AvgIpc) is 2.38. The molecule has 0 amide bonds. The number of aryl methyl sites for hydroxylation is 1. The quantitative estimate of drug-likeness (QED) is 0.853. The van der Waals surface area contributed by atoms with Gasteiger partial charge in [0.1, 0.15) is 10.5 Å². The lowest BCUT2D eigenvalue weighted by Crippen LogP contribution is -2.51. The molecule has 6 heteroatoms. The molecule has 1 atom stereocenters. The number of hydrogen-bond donors (Lipinski definition) is 1. The number of hydrogen-bond acceptors (Lipinski definition) is 4. The number of rotatable bonds is 3. The fourth-order valence-corrected chi connectivity index (χ4v) is 3.14. The smallest absolute Gasteiger partial charge is 0.144 e. The van der Waals surface area contributed by atoms with E-state index in [0.29, 0.717) is 10.7 Å². The molecule has 19 heavy (non-hydrogen) atoms. The summed E-state index contributed by atoms with van der Waals surface area (Å²) in [5.41, 5.74) is 1.14. The maximum absolute atomic E-state index is 5.31. The van der Waals surface area contributed by atoms with Crippen molar-refractivity contribution in [2.24, 2.45) is 0 Å². The molecule has 106 valence electrons. The molecule has 2 rings (SSSR count). The Kier molecular flexibility index (Phi) is 5.11. The van der Waals surface area contributed by atoms with Crippen LogP contribution in [0.4, 0.5) is 0 Å². The summed E-state index contributed by atoms with van der Waals surface area (Å²) in [6, 6.07) is 0.503. The summed E-state index contributed by atoms with van der Waals surface area (Å²) < 4.78 is 1.60. The largest absolute Gasteiger partial charge is 0.346 e. The van der Waals surface area contributed by atoms with Crippen molar-refractivity contribution in [3.05, 3.63) is 20.6 Å². The minimum absolute atomic E-state index is 0.503. The number of nitrogens with one attached hydrogen (secondary N) is 1. The lowest BCUT2D eigenvalue weighted by atomic mass is 10.1. The third kappa shape index (κ3) is 3.62. The maximum Gasteiger partial charge on any atom is 0.144 e. The van der Waals surface area contributed by atoms with Crippen molar-refractivity contribution in [2.45, 2.75) is 25.8 Å². The summed E-state index contributed by atoms with van der Waals surface area (Å²) >= 11 is 8.82. The Labute approximate surface area is 128 Å². The molecule has 0 radical (unpaired) electrons. The van der Waals surface area contributed by atoms with Crippen LogP contribution in [0, 0.1) is 4.64 Å². The fourth-order valence-electron chi connectivity index (χ4n) is 2.44. The molecule has 0 spiro atoms. The molecule has 0 saturated carbocycles. The Hall–Kier alpha value is -0.300. The predicted molar refractivity (Wildman–Crippen MR) is 84.1 cm³/mol. The summed E-state index contributed by atoms with van der Waals surface area (Å²) in [7, 11) is 4.36. The van der Waals surface area contributed by atoms with Crippen LogP contribution in [-0.2, 0) is 12.8 Å². The van der Waals surface area contributed by atoms with E-state index in [0.717, 1.165) is 48.5 Å². The van der Waals surface area contributed by atoms with E-state index in [1.165, 1.54) is 0 Å². The van der Waals surface area contributed by atoms with E-state index < -0.39 is 0 Å². The molecular weight excluding hydrogens is 324 g/mol. The van der Waals surface area contributed by atoms with Crippen molar-refractivity contribution in [1.82, 2.24) is 19.8 Å². The first kappa shape index (κ1) is 15.1. The second kappa shape index (κ2) is 6.43. The van der Waals surface area contributed by atoms with Gasteiger partial charge in [0.05, 0.1) is 4.47 Å². The highest BCUT2D eigenvalue weighted by Crippen LogP contribution is 2.18. The molecule has 1 fully saturated rings. The molecule has 1 aromatic rings. The average molecular weight is 345 g/mol. The Balaban J connectivity index is 2.18. The Morgan fingerprint density at radius 3 is 2.84 bits per heavy atom. The molecule has 2 heterocycles. The minimum Gasteiger partial charge on any atom is -0.346 e. The summed E-state index contributed by atoms with van der Waals surface area (Å²) in [5, 5.41) is 0. The number of nitrogens with zero attached hydrogens (tertiary/aromatic N) is 3. The Bertz CT molecular complexity index is 502. The van der Waals surface area contributed by atoms with Crippen LogP contribution in [0.25, 0.3) is 0 Å². The zero-order valence-corrected chi connectivity index (χ0v) is 14.1. The van der Waals surface area contributed by atoms with Gasteiger partial charge < -0.3 is 14.8 Å². The van der Waals surface area contributed by atoms with Gasteiger partial charge in [0.25, 0.3) is 0 Å². The second-order valence-electron chi connectivity index (χ2n) is 5.24. The van der Waals surface area contributed by atoms with E-state index in [1.807, 2.05) is 0 Å². The van der Waals surface area contributed by atoms with Gasteiger partial charge in [0.2, 0.25) is 0 Å². The third-order valence-electron chi connectivity index (χ3n) is 3.75. The number of likely N-dealkylation sites (N-methyl/N-ethyl adjacent to an activating group) is 2. The van der Waals surface area contributed by atoms with Crippen LogP contribution in [0.2, 0.25) is 0 Å². The number of aromatic nitrogens is 2. The van der Waals surface area contributed by atoms with E-state index in [2.05, 4.69) is 56.7 Å². The van der Waals surface area contributed by atoms with Gasteiger partial charge in [-0.2, -0.15) is 0 Å². The number of aromatic amines is 1. The predicted octanol–water partition coefficient (Wildman–Crippen LogP) is 2.25. The highest BCUT2D eigenvalue weighted by atomic mass is 79.9. The Morgan fingerprint density at radius 1 is 1.42 bits per heavy atom. The first-order valence-corrected chi connectivity index (χ1v) is 7.87. The molecule has 1 N–H and O–H groups in total. The van der Waals surface area contributed by atoms with Crippen LogP contribution in [0.15, 0.2) is 4.47 Å². The number of halogens is 1. The van der Waals surface area contributed by atoms with Gasteiger partial charge in [-0.1, -0.05) is 19.1 Å². The fraction of sp³-hybridized carbons (Fsp3) is 0.692. The van der Waals surface area contributed by atoms with Crippen molar-refractivity contribution in [2.75, 3.05) is 33.7 Å². The molecule has 0 aromatic carbocycles. The molecule has 0 bridgehead atoms. The zero-order valence-electron chi connectivity index (χ0n) is 11.7. The lowest BCUT2D eigenvalue weighted by molar-refractivity contribution is 0.113. The highest BCUT2D eigenvalue weighted by Gasteiger charge is 2.23. The van der Waals surface area contributed by atoms with Crippen LogP contribution < -0.4 is 0 Å². The lowest BCUT2D eigenvalue weighted by Gasteiger charge is -2.37. The van der Waals surface area contributed by atoms with Crippen LogP contribution in [0.5, 0.6) is 0 Å². The van der Waals surface area contributed by atoms with E-state index in [4.69, 9.17) is 12.2 Å². The van der Waals surface area contributed by atoms with Crippen LogP contribution >= 0.6 is 28.1 Å². The molecule has 1 aromatic heterocycles. The topological polar surface area (TPSA) is 35.2 Å². The minimum atomic E-state index is 0.503. The van der Waals surface area contributed by atoms with Crippen LogP contribution in [0.1, 0.15) is 18.4 Å². The van der Waals surface area contributed by atoms with Crippen molar-refractivity contribution in [3.63, 3.8) is 0 Å². The summed E-state index contributed by atoms with van der Waals surface area (Å²) in [4.78, 5) is 12.7. The van der Waals surface area contributed by atoms with Gasteiger partial charge in [-0.25, -0.2) is 4.98 Å². The summed E-state index contributed by atoms with van der Waals surface area (Å²) in [6.07, 6.45) is 1.85. The van der Waals surface area contributed by atoms with Crippen molar-refractivity contribution in [3.8, 4) is 0 Å². The Morgan fingerprint density at radius 2 is 2.16 bits per heavy atom. The first-order valence-electron chi connectivity index (χ1n) is 6.67. The van der Waals surface area contributed by atoms with Gasteiger partial charge in [-0.15, -0.1) is 0 Å². The normalized spacial score (nSPS) is 21.8. The molecule has 1 aliphatic heterocycles. The van der Waals surface area contributed by atoms with Gasteiger partial charge in [-0.3, -0.25) is 0 Å². The molecule has 4 nitrogen and oxygen atoms in total. The van der Waals surface area contributed by atoms with Crippen LogP contribution in [-0.4, -0.2) is 59.5 Å². The molecule has 1 aliphatic rings. The van der Waals surface area contributed by atoms with Crippen LogP contribution in [0.3, 0.4) is 0 Å². The molecule has 0 aliphatic carbocycles. The standard InChI is InChI=1S/C13H21BrN4S/c1-4-10-12(14)13(19)16-11(15-10)7-9-8-17(2)5-6-18(9)3/h9H,4-8H2,1-3H3,(H,15,16,19). The molecule has 1 unspecified atom stereocenters. The second-order valence-corrected chi connectivity index (χ2v) is 6.42. The summed E-state index contributed by atoms with van der Waals surface area (Å²) in [6.45, 7) is 5.45. The zero-order chi connectivity index (χ0) is 14.0. The van der Waals surface area contributed by atoms with Crippen molar-refractivity contribution < 1.29 is 0 Å². The monoisotopic (exact) mass is 344 g/mol. The van der Waals surface area contributed by atoms with E-state index in [9.17, 15) is 0 Å². The van der Waals surface area contributed by atoms with Crippen molar-refractivity contribution >= 4 is 28.1 Å². The number of H-pyrrole nitrogens is 1. The van der Waals surface area contributed by atoms with E-state index >= 15 is 0 Å². The van der Waals surface area contributed by atoms with Gasteiger partial charge in [0.15, 0.2) is 0 Å². The summed E-state index contributed by atoms with van der Waals surface area (Å²) in [5.74, 6) is 0.997. The molecular formula is C13H21BrN4S.